The average Bonchev–Trinajstić information content (AvgIpc) is 2.50. The molecule has 0 aromatic carbocycles. The third-order valence-corrected chi connectivity index (χ3v) is 4.00. The van der Waals surface area contributed by atoms with Crippen LogP contribution in [0.5, 0.6) is 5.75 Å². The molecule has 0 N–H and O–H groups in total. The van der Waals surface area contributed by atoms with Crippen molar-refractivity contribution in [1.29, 1.82) is 0 Å². The SMILES string of the molecule is CN1CCCCC1CCOc1cncc(C#CCCCl)c1. The predicted octanol–water partition coefficient (Wildman–Crippen LogP) is 3.32. The van der Waals surface area contributed by atoms with Crippen LogP contribution < -0.4 is 4.74 Å². The number of aromatic nitrogens is 1. The molecule has 114 valence electrons. The van der Waals surface area contributed by atoms with Gasteiger partial charge in [-0.05, 0) is 38.9 Å². The predicted molar refractivity (Wildman–Crippen MR) is 86.8 cm³/mol. The van der Waals surface area contributed by atoms with Gasteiger partial charge in [-0.2, -0.15) is 0 Å². The first kappa shape index (κ1) is 16.1. The number of hydrogen-bond acceptors (Lipinski definition) is 3. The van der Waals surface area contributed by atoms with E-state index in [2.05, 4.69) is 28.8 Å². The Hall–Kier alpha value is -1.24. The molecule has 0 aliphatic carbocycles. The molecule has 0 bridgehead atoms. The number of rotatable bonds is 5. The van der Waals surface area contributed by atoms with Gasteiger partial charge in [0, 0.05) is 30.1 Å². The van der Waals surface area contributed by atoms with Gasteiger partial charge in [0.25, 0.3) is 0 Å². The number of halogens is 1. The molecule has 2 rings (SSSR count). The summed E-state index contributed by atoms with van der Waals surface area (Å²) in [5.41, 5.74) is 0.882. The van der Waals surface area contributed by atoms with Gasteiger partial charge in [0.15, 0.2) is 0 Å². The standard InChI is InChI=1S/C17H23ClN2O/c1-20-10-5-3-7-16(20)8-11-21-17-12-15(13-19-14-17)6-2-4-9-18/h12-14,16H,3-5,7-11H2,1H3. The highest BCUT2D eigenvalue weighted by molar-refractivity contribution is 6.18. The Morgan fingerprint density at radius 3 is 3.14 bits per heavy atom. The van der Waals surface area contributed by atoms with Crippen LogP contribution in [0.3, 0.4) is 0 Å². The van der Waals surface area contributed by atoms with E-state index >= 15 is 0 Å². The van der Waals surface area contributed by atoms with Crippen LogP contribution in [0.15, 0.2) is 18.5 Å². The smallest absolute Gasteiger partial charge is 0.138 e. The zero-order valence-electron chi connectivity index (χ0n) is 12.6. The Balaban J connectivity index is 1.80. The van der Waals surface area contributed by atoms with Crippen LogP contribution in [0.1, 0.15) is 37.7 Å². The van der Waals surface area contributed by atoms with Crippen molar-refractivity contribution in [1.82, 2.24) is 9.88 Å². The summed E-state index contributed by atoms with van der Waals surface area (Å²) in [6.45, 7) is 1.94. The lowest BCUT2D eigenvalue weighted by molar-refractivity contribution is 0.153. The average molecular weight is 307 g/mol. The summed E-state index contributed by atoms with van der Waals surface area (Å²) in [5.74, 6) is 7.41. The van der Waals surface area contributed by atoms with E-state index in [0.29, 0.717) is 18.3 Å². The quantitative estimate of drug-likeness (QED) is 0.616. The Bertz CT molecular complexity index is 495. The summed E-state index contributed by atoms with van der Waals surface area (Å²) < 4.78 is 5.82. The van der Waals surface area contributed by atoms with E-state index in [-0.39, 0.29) is 0 Å². The van der Waals surface area contributed by atoms with E-state index in [1.165, 1.54) is 25.8 Å². The monoisotopic (exact) mass is 306 g/mol. The number of piperidine rings is 1. The fourth-order valence-electron chi connectivity index (χ4n) is 2.60. The molecule has 0 spiro atoms. The van der Waals surface area contributed by atoms with Crippen LogP contribution in [-0.2, 0) is 0 Å². The minimum atomic E-state index is 0.561. The van der Waals surface area contributed by atoms with Crippen molar-refractivity contribution < 1.29 is 4.74 Å². The van der Waals surface area contributed by atoms with Gasteiger partial charge in [-0.3, -0.25) is 4.98 Å². The Morgan fingerprint density at radius 2 is 2.33 bits per heavy atom. The van der Waals surface area contributed by atoms with Crippen molar-refractivity contribution in [3.8, 4) is 17.6 Å². The van der Waals surface area contributed by atoms with Gasteiger partial charge < -0.3 is 9.64 Å². The molecule has 4 heteroatoms. The maximum atomic E-state index is 5.82. The number of alkyl halides is 1. The molecule has 1 aliphatic heterocycles. The summed E-state index contributed by atoms with van der Waals surface area (Å²) in [5, 5.41) is 0. The highest BCUT2D eigenvalue weighted by Crippen LogP contribution is 2.18. The summed E-state index contributed by atoms with van der Waals surface area (Å²) in [7, 11) is 2.21. The zero-order valence-corrected chi connectivity index (χ0v) is 13.4. The number of hydrogen-bond donors (Lipinski definition) is 0. The fourth-order valence-corrected chi connectivity index (χ4v) is 2.69. The molecule has 1 aliphatic rings. The summed E-state index contributed by atoms with van der Waals surface area (Å²) in [4.78, 5) is 6.62. The first-order chi connectivity index (χ1) is 10.3. The normalized spacial score (nSPS) is 18.9. The molecular formula is C17H23ClN2O. The lowest BCUT2D eigenvalue weighted by Gasteiger charge is -2.32. The molecule has 1 aromatic rings. The molecule has 0 radical (unpaired) electrons. The van der Waals surface area contributed by atoms with Gasteiger partial charge in [0.05, 0.1) is 12.8 Å². The molecule has 1 atom stereocenters. The minimum absolute atomic E-state index is 0.561. The lowest BCUT2D eigenvalue weighted by atomic mass is 10.0. The van der Waals surface area contributed by atoms with Crippen LogP contribution in [-0.4, -0.2) is 42.0 Å². The lowest BCUT2D eigenvalue weighted by Crippen LogP contribution is -2.37. The van der Waals surface area contributed by atoms with Gasteiger partial charge in [0.1, 0.15) is 5.75 Å². The van der Waals surface area contributed by atoms with Crippen molar-refractivity contribution >= 4 is 11.6 Å². The van der Waals surface area contributed by atoms with Crippen molar-refractivity contribution in [3.05, 3.63) is 24.0 Å². The van der Waals surface area contributed by atoms with Gasteiger partial charge in [-0.25, -0.2) is 0 Å². The van der Waals surface area contributed by atoms with Crippen LogP contribution in [0, 0.1) is 11.8 Å². The molecule has 21 heavy (non-hydrogen) atoms. The number of likely N-dealkylation sites (tertiary alicyclic amines) is 1. The zero-order chi connectivity index (χ0) is 14.9. The maximum absolute atomic E-state index is 5.82. The molecule has 2 heterocycles. The van der Waals surface area contributed by atoms with Crippen LogP contribution in [0.2, 0.25) is 0 Å². The van der Waals surface area contributed by atoms with Crippen molar-refractivity contribution in [3.63, 3.8) is 0 Å². The highest BCUT2D eigenvalue weighted by Gasteiger charge is 2.18. The second-order valence-electron chi connectivity index (χ2n) is 5.42. The van der Waals surface area contributed by atoms with E-state index in [9.17, 15) is 0 Å². The Labute approximate surface area is 132 Å². The van der Waals surface area contributed by atoms with E-state index in [1.54, 1.807) is 12.4 Å². The van der Waals surface area contributed by atoms with Crippen LogP contribution >= 0.6 is 11.6 Å². The number of nitrogens with zero attached hydrogens (tertiary/aromatic N) is 2. The second-order valence-corrected chi connectivity index (χ2v) is 5.80. The van der Waals surface area contributed by atoms with E-state index in [4.69, 9.17) is 16.3 Å². The first-order valence-electron chi connectivity index (χ1n) is 7.62. The van der Waals surface area contributed by atoms with Crippen molar-refractivity contribution in [2.75, 3.05) is 26.1 Å². The molecule has 1 saturated heterocycles. The van der Waals surface area contributed by atoms with Crippen molar-refractivity contribution in [2.24, 2.45) is 0 Å². The van der Waals surface area contributed by atoms with Gasteiger partial charge in [0.2, 0.25) is 0 Å². The fraction of sp³-hybridized carbons (Fsp3) is 0.588. The molecule has 3 nitrogen and oxygen atoms in total. The van der Waals surface area contributed by atoms with Gasteiger partial charge in [-0.15, -0.1) is 11.6 Å². The summed E-state index contributed by atoms with van der Waals surface area (Å²) >= 11 is 5.61. The third kappa shape index (κ3) is 5.57. The summed E-state index contributed by atoms with van der Waals surface area (Å²) in [6, 6.07) is 2.59. The molecular weight excluding hydrogens is 284 g/mol. The molecule has 0 saturated carbocycles. The third-order valence-electron chi connectivity index (χ3n) is 3.81. The maximum Gasteiger partial charge on any atom is 0.138 e. The largest absolute Gasteiger partial charge is 0.492 e. The van der Waals surface area contributed by atoms with E-state index in [0.717, 1.165) is 24.3 Å². The molecule has 0 amide bonds. The van der Waals surface area contributed by atoms with Crippen LogP contribution in [0.4, 0.5) is 0 Å². The molecule has 1 unspecified atom stereocenters. The Kier molecular flexibility index (Phi) is 6.85. The number of pyridine rings is 1. The van der Waals surface area contributed by atoms with E-state index in [1.807, 2.05) is 6.07 Å². The van der Waals surface area contributed by atoms with Crippen molar-refractivity contribution in [2.45, 2.75) is 38.1 Å². The topological polar surface area (TPSA) is 25.4 Å². The first-order valence-corrected chi connectivity index (χ1v) is 8.16. The molecule has 1 fully saturated rings. The Morgan fingerprint density at radius 1 is 1.43 bits per heavy atom. The highest BCUT2D eigenvalue weighted by atomic mass is 35.5. The minimum Gasteiger partial charge on any atom is -0.492 e. The van der Waals surface area contributed by atoms with Gasteiger partial charge in [-0.1, -0.05) is 18.3 Å². The number of ether oxygens (including phenoxy) is 1. The molecule has 1 aromatic heterocycles. The van der Waals surface area contributed by atoms with Gasteiger partial charge >= 0.3 is 0 Å². The second kappa shape index (κ2) is 8.92. The van der Waals surface area contributed by atoms with E-state index < -0.39 is 0 Å². The summed E-state index contributed by atoms with van der Waals surface area (Å²) in [6.07, 6.45) is 9.20. The van der Waals surface area contributed by atoms with Crippen LogP contribution in [0.25, 0.3) is 0 Å².